The quantitative estimate of drug-likeness (QED) is 0.116. The summed E-state index contributed by atoms with van der Waals surface area (Å²) in [5, 5.41) is 4.93. The first kappa shape index (κ1) is 51.1. The molecule has 354 valence electrons. The van der Waals surface area contributed by atoms with Gasteiger partial charge in [0, 0.05) is 41.9 Å². The molecule has 2 N–H and O–H groups in total. The summed E-state index contributed by atoms with van der Waals surface area (Å²) in [6.07, 6.45) is 6.31. The van der Waals surface area contributed by atoms with E-state index < -0.39 is 77.3 Å². The Kier molecular flexibility index (Phi) is 17.7. The van der Waals surface area contributed by atoms with Crippen molar-refractivity contribution in [3.8, 4) is 0 Å². The molecule has 10 nitrogen and oxygen atoms in total. The van der Waals surface area contributed by atoms with Gasteiger partial charge in [-0.25, -0.2) is 0 Å². The number of ether oxygens (including phenoxy) is 1. The molecular weight excluding hydrogens is 857 g/mol. The van der Waals surface area contributed by atoms with Crippen LogP contribution in [0.15, 0.2) is 78.9 Å². The zero-order valence-electron chi connectivity index (χ0n) is 38.6. The molecule has 2 fully saturated rings. The Hall–Kier alpha value is -4.91. The van der Waals surface area contributed by atoms with Gasteiger partial charge in [0.2, 0.25) is 17.7 Å². The second-order valence-electron chi connectivity index (χ2n) is 18.6. The highest BCUT2D eigenvalue weighted by atomic mass is 35.5. The van der Waals surface area contributed by atoms with Gasteiger partial charge in [0.15, 0.2) is 5.60 Å². The van der Waals surface area contributed by atoms with Crippen molar-refractivity contribution < 1.29 is 41.9 Å². The molecule has 65 heavy (non-hydrogen) atoms. The van der Waals surface area contributed by atoms with Gasteiger partial charge in [-0.1, -0.05) is 157 Å². The fourth-order valence-electron chi connectivity index (χ4n) is 9.37. The van der Waals surface area contributed by atoms with Gasteiger partial charge in [0.25, 0.3) is 0 Å². The van der Waals surface area contributed by atoms with Crippen LogP contribution in [0.2, 0.25) is 5.02 Å². The number of amides is 4. The number of rotatable bonds is 15. The topological polar surface area (TPSA) is 125 Å². The molecule has 0 bridgehead atoms. The molecule has 1 saturated carbocycles. The molecule has 14 heteroatoms. The Bertz CT molecular complexity index is 2080. The second-order valence-corrected chi connectivity index (χ2v) is 19.0. The first-order chi connectivity index (χ1) is 30.8. The number of likely N-dealkylation sites (tertiary alicyclic amines) is 1. The summed E-state index contributed by atoms with van der Waals surface area (Å²) in [5.74, 6) is -6.46. The van der Waals surface area contributed by atoms with Gasteiger partial charge in [-0.3, -0.25) is 24.0 Å². The SMILES string of the molecule is CC(C)[C@@H](C(=O)N[C@@H](CC(=O)OC(c1ccccc1)(c1ccc(C2CCCCCCCCC2)cc1)c1ccccc1Cl)C(=O)N1CCCC1)N(C)C(=O)C(C)(NC(=O)C(F)(F)F)C(C)C. The largest absolute Gasteiger partial charge is 0.471 e. The first-order valence-corrected chi connectivity index (χ1v) is 23.6. The Morgan fingerprint density at radius 3 is 1.85 bits per heavy atom. The number of carbonyl (C=O) groups is 5. The lowest BCUT2D eigenvalue weighted by Gasteiger charge is -2.40. The second kappa shape index (κ2) is 22.5. The van der Waals surface area contributed by atoms with Crippen molar-refractivity contribution in [2.24, 2.45) is 11.8 Å². The third kappa shape index (κ3) is 12.3. The zero-order chi connectivity index (χ0) is 47.5. The van der Waals surface area contributed by atoms with E-state index in [1.807, 2.05) is 53.8 Å². The molecule has 5 rings (SSSR count). The number of benzene rings is 3. The van der Waals surface area contributed by atoms with E-state index in [0.29, 0.717) is 40.7 Å². The molecule has 4 atom stereocenters. The molecule has 4 amide bonds. The van der Waals surface area contributed by atoms with Gasteiger partial charge in [0.1, 0.15) is 17.6 Å². The van der Waals surface area contributed by atoms with Gasteiger partial charge < -0.3 is 25.2 Å². The van der Waals surface area contributed by atoms with Crippen LogP contribution in [0.25, 0.3) is 0 Å². The van der Waals surface area contributed by atoms with E-state index in [2.05, 4.69) is 17.4 Å². The molecule has 1 saturated heterocycles. The van der Waals surface area contributed by atoms with Crippen LogP contribution in [-0.4, -0.2) is 83.3 Å². The lowest BCUT2D eigenvalue weighted by molar-refractivity contribution is -0.177. The Balaban J connectivity index is 1.52. The highest BCUT2D eigenvalue weighted by Crippen LogP contribution is 2.44. The van der Waals surface area contributed by atoms with Gasteiger partial charge >= 0.3 is 18.1 Å². The minimum Gasteiger partial charge on any atom is -0.444 e. The number of nitrogens with zero attached hydrogens (tertiary/aromatic N) is 2. The number of alkyl halides is 3. The highest BCUT2D eigenvalue weighted by molar-refractivity contribution is 6.31. The van der Waals surface area contributed by atoms with Gasteiger partial charge in [0.05, 0.1) is 6.42 Å². The summed E-state index contributed by atoms with van der Waals surface area (Å²) in [6.45, 7) is 8.23. The maximum Gasteiger partial charge on any atom is 0.471 e. The van der Waals surface area contributed by atoms with Crippen LogP contribution in [0, 0.1) is 11.8 Å². The average Bonchev–Trinajstić information content (AvgIpc) is 3.82. The number of likely N-dealkylation sites (N-methyl/N-ethyl adjacent to an activating group) is 1. The third-order valence-corrected chi connectivity index (χ3v) is 13.7. The molecule has 2 aliphatic rings. The standard InChI is InChI=1S/C51H66ClF3N4O6/c1-34(2)44(58(6)48(64)49(5,35(3)4)57-47(63)51(53,54)55)45(61)56-42(46(62)59-31-19-20-32-59)33-43(60)65-50(38-23-15-12-16-24-38,40-25-17-18-26-41(40)52)39-29-27-37(28-30-39)36-21-13-10-8-7-9-11-14-22-36/h12,15-18,23-30,34-36,42,44H,7-11,13-14,19-22,31-33H2,1-6H3,(H,56,61)(H,57,63)/t42-,44-,49?,50?/m0/s1. The Morgan fingerprint density at radius 2 is 1.31 bits per heavy atom. The van der Waals surface area contributed by atoms with Crippen molar-refractivity contribution in [1.29, 1.82) is 0 Å². The maximum atomic E-state index is 14.8. The molecule has 0 aromatic heterocycles. The van der Waals surface area contributed by atoms with Crippen LogP contribution >= 0.6 is 11.6 Å². The Labute approximate surface area is 387 Å². The summed E-state index contributed by atoms with van der Waals surface area (Å²) in [5.41, 5.74) is -0.734. The van der Waals surface area contributed by atoms with Crippen molar-refractivity contribution in [1.82, 2.24) is 20.4 Å². The first-order valence-electron chi connectivity index (χ1n) is 23.2. The number of nitrogens with one attached hydrogen (secondary N) is 2. The van der Waals surface area contributed by atoms with E-state index >= 15 is 0 Å². The molecule has 1 aliphatic heterocycles. The van der Waals surface area contributed by atoms with Crippen LogP contribution in [0.5, 0.6) is 0 Å². The van der Waals surface area contributed by atoms with Crippen molar-refractivity contribution >= 4 is 41.2 Å². The minimum absolute atomic E-state index is 0.339. The van der Waals surface area contributed by atoms with E-state index in [-0.39, 0.29) is 0 Å². The van der Waals surface area contributed by atoms with E-state index in [0.717, 1.165) is 43.4 Å². The number of hydrogen-bond acceptors (Lipinski definition) is 6. The minimum atomic E-state index is -5.26. The van der Waals surface area contributed by atoms with E-state index in [9.17, 15) is 37.1 Å². The van der Waals surface area contributed by atoms with Crippen LogP contribution < -0.4 is 10.6 Å². The van der Waals surface area contributed by atoms with Crippen LogP contribution in [0.4, 0.5) is 13.2 Å². The lowest BCUT2D eigenvalue weighted by Crippen LogP contribution is -2.65. The zero-order valence-corrected chi connectivity index (χ0v) is 39.4. The number of hydrogen-bond donors (Lipinski definition) is 2. The van der Waals surface area contributed by atoms with Gasteiger partial charge in [-0.2, -0.15) is 13.2 Å². The van der Waals surface area contributed by atoms with E-state index in [4.69, 9.17) is 16.3 Å². The third-order valence-electron chi connectivity index (χ3n) is 13.4. The van der Waals surface area contributed by atoms with Crippen LogP contribution in [0.1, 0.15) is 140 Å². The molecule has 3 aromatic rings. The number of carbonyl (C=O) groups excluding carboxylic acids is 5. The van der Waals surface area contributed by atoms with Crippen molar-refractivity contribution in [2.75, 3.05) is 20.1 Å². The van der Waals surface area contributed by atoms with E-state index in [1.165, 1.54) is 65.5 Å². The smallest absolute Gasteiger partial charge is 0.444 e. The monoisotopic (exact) mass is 922 g/mol. The summed E-state index contributed by atoms with van der Waals surface area (Å²) in [4.78, 5) is 72.3. The number of halogens is 4. The molecule has 3 aromatic carbocycles. The normalized spacial score (nSPS) is 18.2. The van der Waals surface area contributed by atoms with Gasteiger partial charge in [-0.05, 0) is 62.0 Å². The van der Waals surface area contributed by atoms with E-state index in [1.54, 1.807) is 36.9 Å². The molecule has 1 heterocycles. The Morgan fingerprint density at radius 1 is 0.769 bits per heavy atom. The lowest BCUT2D eigenvalue weighted by atomic mass is 9.78. The average molecular weight is 924 g/mol. The van der Waals surface area contributed by atoms with Crippen LogP contribution in [-0.2, 0) is 34.3 Å². The van der Waals surface area contributed by atoms with Crippen molar-refractivity contribution in [3.63, 3.8) is 0 Å². The number of esters is 1. The fraction of sp³-hybridized carbons (Fsp3) is 0.549. The van der Waals surface area contributed by atoms with Crippen molar-refractivity contribution in [2.45, 2.75) is 147 Å². The fourth-order valence-corrected chi connectivity index (χ4v) is 9.64. The van der Waals surface area contributed by atoms with Crippen molar-refractivity contribution in [3.05, 3.63) is 106 Å². The molecule has 1 aliphatic carbocycles. The molecular formula is C51H66ClF3N4O6. The summed E-state index contributed by atoms with van der Waals surface area (Å²) in [6, 6.07) is 21.7. The maximum absolute atomic E-state index is 14.8. The molecule has 0 radical (unpaired) electrons. The van der Waals surface area contributed by atoms with Gasteiger partial charge in [-0.15, -0.1) is 0 Å². The van der Waals surface area contributed by atoms with Crippen LogP contribution in [0.3, 0.4) is 0 Å². The molecule has 0 spiro atoms. The summed E-state index contributed by atoms with van der Waals surface area (Å²) >= 11 is 7.02. The molecule has 2 unspecified atom stereocenters. The predicted octanol–water partition coefficient (Wildman–Crippen LogP) is 9.86. The summed E-state index contributed by atoms with van der Waals surface area (Å²) < 4.78 is 47.0. The highest BCUT2D eigenvalue weighted by Gasteiger charge is 2.50. The predicted molar refractivity (Wildman–Crippen MR) is 246 cm³/mol. The summed E-state index contributed by atoms with van der Waals surface area (Å²) in [7, 11) is 1.27.